The molecule has 25 heavy (non-hydrogen) atoms. The number of nitrogens with zero attached hydrogens (tertiary/aromatic N) is 3. The van der Waals surface area contributed by atoms with Crippen LogP contribution < -0.4 is 5.32 Å². The Balaban J connectivity index is 1.80. The first-order valence-electron chi connectivity index (χ1n) is 8.52. The van der Waals surface area contributed by atoms with Gasteiger partial charge in [-0.2, -0.15) is 5.10 Å². The van der Waals surface area contributed by atoms with Gasteiger partial charge in [0.1, 0.15) is 11.9 Å². The van der Waals surface area contributed by atoms with E-state index in [1.165, 1.54) is 6.33 Å². The molecule has 7 heteroatoms. The van der Waals surface area contributed by atoms with Gasteiger partial charge in [-0.3, -0.25) is 4.79 Å². The van der Waals surface area contributed by atoms with Crippen molar-refractivity contribution >= 4 is 11.9 Å². The number of aryl methyl sites for hydroxylation is 1. The molecule has 1 aromatic heterocycles. The summed E-state index contributed by atoms with van der Waals surface area (Å²) in [6.45, 7) is 4.56. The van der Waals surface area contributed by atoms with Crippen LogP contribution in [0.2, 0.25) is 0 Å². The summed E-state index contributed by atoms with van der Waals surface area (Å²) < 4.78 is 1.77. The molecule has 1 fully saturated rings. The third kappa shape index (κ3) is 3.01. The first kappa shape index (κ1) is 17.1. The van der Waals surface area contributed by atoms with Gasteiger partial charge >= 0.3 is 5.97 Å². The fraction of sp³-hybridized carbons (Fsp3) is 0.444. The van der Waals surface area contributed by atoms with Crippen molar-refractivity contribution in [3.8, 4) is 11.4 Å². The third-order valence-electron chi connectivity index (χ3n) is 5.09. The number of carboxylic acids is 1. The Hall–Kier alpha value is -2.70. The summed E-state index contributed by atoms with van der Waals surface area (Å²) in [7, 11) is 0. The number of carbonyl (C=O) groups is 2. The lowest BCUT2D eigenvalue weighted by Gasteiger charge is -2.30. The van der Waals surface area contributed by atoms with Crippen LogP contribution in [0.15, 0.2) is 30.6 Å². The smallest absolute Gasteiger partial charge is 0.329 e. The molecule has 1 amide bonds. The zero-order valence-corrected chi connectivity index (χ0v) is 14.4. The average Bonchev–Trinajstić information content (AvgIpc) is 3.22. The number of amides is 1. The van der Waals surface area contributed by atoms with Crippen molar-refractivity contribution in [2.45, 2.75) is 45.2 Å². The van der Waals surface area contributed by atoms with Crippen LogP contribution in [0.1, 0.15) is 43.5 Å². The van der Waals surface area contributed by atoms with Crippen LogP contribution in [0.3, 0.4) is 0 Å². The predicted molar refractivity (Wildman–Crippen MR) is 92.0 cm³/mol. The standard InChI is InChI=1S/C18H22N4O3/c1-3-22-15(19-11-20-22)13-6-8-14(9-7-13)16(23)21-18(17(24)25)10-4-5-12(18)2/h6-9,11-12H,3-5,10H2,1-2H3,(H,21,23)(H,24,25). The highest BCUT2D eigenvalue weighted by Gasteiger charge is 2.48. The van der Waals surface area contributed by atoms with Gasteiger partial charge in [-0.1, -0.05) is 25.5 Å². The fourth-order valence-corrected chi connectivity index (χ4v) is 3.50. The van der Waals surface area contributed by atoms with Gasteiger partial charge in [-0.25, -0.2) is 14.5 Å². The predicted octanol–water partition coefficient (Wildman–Crippen LogP) is 2.34. The van der Waals surface area contributed by atoms with E-state index in [9.17, 15) is 14.7 Å². The third-order valence-corrected chi connectivity index (χ3v) is 5.09. The quantitative estimate of drug-likeness (QED) is 0.869. The highest BCUT2D eigenvalue weighted by atomic mass is 16.4. The van der Waals surface area contributed by atoms with Crippen LogP contribution in [0.5, 0.6) is 0 Å². The molecule has 132 valence electrons. The molecule has 0 spiro atoms. The van der Waals surface area contributed by atoms with E-state index in [4.69, 9.17) is 0 Å². The molecule has 0 saturated heterocycles. The van der Waals surface area contributed by atoms with Gasteiger partial charge in [0.05, 0.1) is 0 Å². The normalized spacial score (nSPS) is 22.7. The summed E-state index contributed by atoms with van der Waals surface area (Å²) >= 11 is 0. The van der Waals surface area contributed by atoms with Crippen LogP contribution in [-0.2, 0) is 11.3 Å². The van der Waals surface area contributed by atoms with Gasteiger partial charge in [-0.15, -0.1) is 0 Å². The molecule has 0 aliphatic heterocycles. The second-order valence-electron chi connectivity index (χ2n) is 6.50. The van der Waals surface area contributed by atoms with E-state index in [1.54, 1.807) is 28.9 Å². The van der Waals surface area contributed by atoms with Crippen LogP contribution in [0.25, 0.3) is 11.4 Å². The van der Waals surface area contributed by atoms with Gasteiger partial charge in [0.25, 0.3) is 5.91 Å². The molecule has 0 bridgehead atoms. The minimum atomic E-state index is -1.17. The Morgan fingerprint density at radius 2 is 2.08 bits per heavy atom. The SMILES string of the molecule is CCn1ncnc1-c1ccc(C(=O)NC2(C(=O)O)CCCC2C)cc1. The van der Waals surface area contributed by atoms with E-state index in [-0.39, 0.29) is 11.8 Å². The molecule has 0 radical (unpaired) electrons. The highest BCUT2D eigenvalue weighted by Crippen LogP contribution is 2.36. The molecular formula is C18H22N4O3. The van der Waals surface area contributed by atoms with Gasteiger partial charge < -0.3 is 10.4 Å². The summed E-state index contributed by atoms with van der Waals surface area (Å²) in [5.74, 6) is -0.671. The lowest BCUT2D eigenvalue weighted by molar-refractivity contribution is -0.145. The van der Waals surface area contributed by atoms with Crippen LogP contribution >= 0.6 is 0 Å². The maximum Gasteiger partial charge on any atom is 0.329 e. The van der Waals surface area contributed by atoms with Crippen molar-refractivity contribution in [1.82, 2.24) is 20.1 Å². The number of benzene rings is 1. The number of carbonyl (C=O) groups excluding carboxylic acids is 1. The van der Waals surface area contributed by atoms with Crippen molar-refractivity contribution < 1.29 is 14.7 Å². The van der Waals surface area contributed by atoms with Crippen molar-refractivity contribution in [3.05, 3.63) is 36.2 Å². The molecule has 1 aliphatic carbocycles. The Morgan fingerprint density at radius 3 is 2.64 bits per heavy atom. The van der Waals surface area contributed by atoms with Gasteiger partial charge in [0, 0.05) is 17.7 Å². The van der Waals surface area contributed by atoms with Crippen LogP contribution in [0.4, 0.5) is 0 Å². The Kier molecular flexibility index (Phi) is 4.57. The van der Waals surface area contributed by atoms with Crippen molar-refractivity contribution in [1.29, 1.82) is 0 Å². The topological polar surface area (TPSA) is 97.1 Å². The van der Waals surface area contributed by atoms with Crippen LogP contribution in [0, 0.1) is 5.92 Å². The molecule has 3 rings (SSSR count). The van der Waals surface area contributed by atoms with Crippen molar-refractivity contribution in [3.63, 3.8) is 0 Å². The number of aliphatic carboxylic acids is 1. The molecular weight excluding hydrogens is 320 g/mol. The first-order valence-corrected chi connectivity index (χ1v) is 8.52. The van der Waals surface area contributed by atoms with Crippen molar-refractivity contribution in [2.75, 3.05) is 0 Å². The van der Waals surface area contributed by atoms with E-state index < -0.39 is 11.5 Å². The Morgan fingerprint density at radius 1 is 1.36 bits per heavy atom. The number of hydrogen-bond acceptors (Lipinski definition) is 4. The summed E-state index contributed by atoms with van der Waals surface area (Å²) in [6.07, 6.45) is 3.57. The number of aromatic nitrogens is 3. The first-order chi connectivity index (χ1) is 12.0. The maximum absolute atomic E-state index is 12.6. The second-order valence-corrected chi connectivity index (χ2v) is 6.50. The molecule has 2 N–H and O–H groups in total. The lowest BCUT2D eigenvalue weighted by atomic mass is 9.88. The lowest BCUT2D eigenvalue weighted by Crippen LogP contribution is -2.56. The molecule has 1 saturated carbocycles. The number of rotatable bonds is 5. The Labute approximate surface area is 146 Å². The van der Waals surface area contributed by atoms with E-state index in [0.29, 0.717) is 18.5 Å². The molecule has 2 unspecified atom stereocenters. The summed E-state index contributed by atoms with van der Waals surface area (Å²) in [5.41, 5.74) is 0.127. The number of hydrogen-bond donors (Lipinski definition) is 2. The molecule has 1 aromatic carbocycles. The van der Waals surface area contributed by atoms with E-state index in [0.717, 1.165) is 24.2 Å². The van der Waals surface area contributed by atoms with E-state index in [1.807, 2.05) is 13.8 Å². The van der Waals surface area contributed by atoms with Gasteiger partial charge in [0.15, 0.2) is 5.82 Å². The number of carboxylic acid groups (broad SMARTS) is 1. The Bertz CT molecular complexity index is 784. The molecule has 1 aliphatic rings. The zero-order chi connectivity index (χ0) is 18.0. The van der Waals surface area contributed by atoms with Crippen LogP contribution in [-0.4, -0.2) is 37.3 Å². The minimum Gasteiger partial charge on any atom is -0.479 e. The van der Waals surface area contributed by atoms with E-state index >= 15 is 0 Å². The summed E-state index contributed by atoms with van der Waals surface area (Å²) in [6, 6.07) is 6.98. The molecule has 2 atom stereocenters. The molecule has 2 aromatic rings. The van der Waals surface area contributed by atoms with E-state index in [2.05, 4.69) is 15.4 Å². The molecule has 7 nitrogen and oxygen atoms in total. The fourth-order valence-electron chi connectivity index (χ4n) is 3.50. The maximum atomic E-state index is 12.6. The zero-order valence-electron chi connectivity index (χ0n) is 14.4. The van der Waals surface area contributed by atoms with Gasteiger partial charge in [0.2, 0.25) is 0 Å². The minimum absolute atomic E-state index is 0.0867. The average molecular weight is 342 g/mol. The summed E-state index contributed by atoms with van der Waals surface area (Å²) in [4.78, 5) is 28.6. The van der Waals surface area contributed by atoms with Gasteiger partial charge in [-0.05, 0) is 37.8 Å². The largest absolute Gasteiger partial charge is 0.479 e. The molecule has 1 heterocycles. The second kappa shape index (κ2) is 6.66. The number of nitrogens with one attached hydrogen (secondary N) is 1. The van der Waals surface area contributed by atoms with Crippen molar-refractivity contribution in [2.24, 2.45) is 5.92 Å². The monoisotopic (exact) mass is 342 g/mol. The summed E-state index contributed by atoms with van der Waals surface area (Å²) in [5, 5.41) is 16.5. The highest BCUT2D eigenvalue weighted by molar-refractivity contribution is 5.98.